The summed E-state index contributed by atoms with van der Waals surface area (Å²) < 4.78 is 0. The SMILES string of the molecule is OCC(CO)N1CC(Cl)C1. The van der Waals surface area contributed by atoms with Gasteiger partial charge in [-0.2, -0.15) is 0 Å². The van der Waals surface area contributed by atoms with Crippen molar-refractivity contribution >= 4 is 11.6 Å². The van der Waals surface area contributed by atoms with Gasteiger partial charge in [0.1, 0.15) is 0 Å². The molecule has 0 aliphatic carbocycles. The molecule has 2 N–H and O–H groups in total. The highest BCUT2D eigenvalue weighted by Crippen LogP contribution is 2.16. The maximum Gasteiger partial charge on any atom is 0.0609 e. The smallest absolute Gasteiger partial charge is 0.0609 e. The van der Waals surface area contributed by atoms with Crippen molar-refractivity contribution in [2.75, 3.05) is 26.3 Å². The van der Waals surface area contributed by atoms with Crippen LogP contribution in [0.25, 0.3) is 0 Å². The summed E-state index contributed by atoms with van der Waals surface area (Å²) in [5.74, 6) is 0. The van der Waals surface area contributed by atoms with Gasteiger partial charge in [-0.3, -0.25) is 4.90 Å². The molecular formula is C6H12ClNO2. The third kappa shape index (κ3) is 1.61. The zero-order valence-corrected chi connectivity index (χ0v) is 6.46. The first-order valence-electron chi connectivity index (χ1n) is 3.37. The Labute approximate surface area is 65.2 Å². The Balaban J connectivity index is 2.21. The Hall–Kier alpha value is 0.170. The molecule has 0 bridgehead atoms. The number of likely N-dealkylation sites (tertiary alicyclic amines) is 1. The predicted octanol–water partition coefficient (Wildman–Crippen LogP) is -0.737. The summed E-state index contributed by atoms with van der Waals surface area (Å²) in [6.45, 7) is 1.60. The summed E-state index contributed by atoms with van der Waals surface area (Å²) in [7, 11) is 0. The number of alkyl halides is 1. The highest BCUT2D eigenvalue weighted by Gasteiger charge is 2.29. The van der Waals surface area contributed by atoms with Crippen molar-refractivity contribution in [1.29, 1.82) is 0 Å². The van der Waals surface area contributed by atoms with Crippen LogP contribution in [0.2, 0.25) is 0 Å². The van der Waals surface area contributed by atoms with Crippen LogP contribution >= 0.6 is 11.6 Å². The fraction of sp³-hybridized carbons (Fsp3) is 1.00. The number of aliphatic hydroxyl groups is 2. The average Bonchev–Trinajstić information content (AvgIpc) is 1.87. The molecule has 60 valence electrons. The summed E-state index contributed by atoms with van der Waals surface area (Å²) >= 11 is 5.70. The second kappa shape index (κ2) is 3.53. The molecule has 1 saturated heterocycles. The molecule has 1 heterocycles. The van der Waals surface area contributed by atoms with E-state index in [0.717, 1.165) is 13.1 Å². The maximum absolute atomic E-state index is 8.70. The van der Waals surface area contributed by atoms with E-state index in [1.165, 1.54) is 0 Å². The molecule has 0 aromatic rings. The van der Waals surface area contributed by atoms with Crippen LogP contribution in [0.15, 0.2) is 0 Å². The second-order valence-corrected chi connectivity index (χ2v) is 3.19. The first-order chi connectivity index (χ1) is 4.77. The third-order valence-corrected chi connectivity index (χ3v) is 2.08. The van der Waals surface area contributed by atoms with E-state index in [-0.39, 0.29) is 24.6 Å². The lowest BCUT2D eigenvalue weighted by atomic mass is 10.1. The van der Waals surface area contributed by atoms with Gasteiger partial charge in [0.05, 0.1) is 24.6 Å². The van der Waals surface area contributed by atoms with Crippen molar-refractivity contribution in [3.63, 3.8) is 0 Å². The highest BCUT2D eigenvalue weighted by atomic mass is 35.5. The third-order valence-electron chi connectivity index (χ3n) is 1.80. The molecule has 10 heavy (non-hydrogen) atoms. The molecule has 0 spiro atoms. The van der Waals surface area contributed by atoms with Gasteiger partial charge in [-0.1, -0.05) is 0 Å². The Morgan fingerprint density at radius 3 is 2.20 bits per heavy atom. The molecular weight excluding hydrogens is 154 g/mol. The summed E-state index contributed by atoms with van der Waals surface area (Å²) in [4.78, 5) is 1.97. The molecule has 0 aromatic heterocycles. The van der Waals surface area contributed by atoms with Crippen LogP contribution in [0.5, 0.6) is 0 Å². The quantitative estimate of drug-likeness (QED) is 0.542. The minimum atomic E-state index is -0.102. The van der Waals surface area contributed by atoms with Crippen molar-refractivity contribution in [2.45, 2.75) is 11.4 Å². The van der Waals surface area contributed by atoms with Crippen LogP contribution in [0.1, 0.15) is 0 Å². The van der Waals surface area contributed by atoms with E-state index in [2.05, 4.69) is 0 Å². The summed E-state index contributed by atoms with van der Waals surface area (Å²) in [5, 5.41) is 17.6. The molecule has 0 atom stereocenters. The van der Waals surface area contributed by atoms with E-state index < -0.39 is 0 Å². The van der Waals surface area contributed by atoms with Gasteiger partial charge in [-0.05, 0) is 0 Å². The number of hydrogen-bond donors (Lipinski definition) is 2. The van der Waals surface area contributed by atoms with Crippen LogP contribution in [0.4, 0.5) is 0 Å². The maximum atomic E-state index is 8.70. The lowest BCUT2D eigenvalue weighted by molar-refractivity contribution is 0.0378. The molecule has 0 aromatic carbocycles. The van der Waals surface area contributed by atoms with Gasteiger partial charge in [-0.15, -0.1) is 11.6 Å². The molecule has 0 amide bonds. The minimum absolute atomic E-state index is 0.0140. The van der Waals surface area contributed by atoms with Gasteiger partial charge in [0.2, 0.25) is 0 Å². The Morgan fingerprint density at radius 2 is 1.90 bits per heavy atom. The normalized spacial score (nSPS) is 21.6. The van der Waals surface area contributed by atoms with Gasteiger partial charge in [0.25, 0.3) is 0 Å². The minimum Gasteiger partial charge on any atom is -0.395 e. The van der Waals surface area contributed by atoms with E-state index in [9.17, 15) is 0 Å². The molecule has 1 aliphatic rings. The van der Waals surface area contributed by atoms with Gasteiger partial charge in [0, 0.05) is 13.1 Å². The Bertz CT molecular complexity index is 102. The summed E-state index contributed by atoms with van der Waals surface area (Å²) in [5.41, 5.74) is 0. The first kappa shape index (κ1) is 8.27. The van der Waals surface area contributed by atoms with Crippen LogP contribution in [-0.4, -0.2) is 52.8 Å². The lowest BCUT2D eigenvalue weighted by Gasteiger charge is -2.40. The molecule has 3 nitrogen and oxygen atoms in total. The van der Waals surface area contributed by atoms with Gasteiger partial charge in [-0.25, -0.2) is 0 Å². The van der Waals surface area contributed by atoms with E-state index in [0.29, 0.717) is 0 Å². The number of rotatable bonds is 3. The van der Waals surface area contributed by atoms with E-state index in [1.54, 1.807) is 0 Å². The van der Waals surface area contributed by atoms with Crippen molar-refractivity contribution < 1.29 is 10.2 Å². The van der Waals surface area contributed by atoms with Crippen molar-refractivity contribution in [1.82, 2.24) is 4.90 Å². The molecule has 1 fully saturated rings. The molecule has 0 unspecified atom stereocenters. The number of halogens is 1. The van der Waals surface area contributed by atoms with Crippen molar-refractivity contribution in [3.8, 4) is 0 Å². The summed E-state index contributed by atoms with van der Waals surface area (Å²) in [6.07, 6.45) is 0. The van der Waals surface area contributed by atoms with Gasteiger partial charge >= 0.3 is 0 Å². The molecule has 1 aliphatic heterocycles. The van der Waals surface area contributed by atoms with E-state index >= 15 is 0 Å². The van der Waals surface area contributed by atoms with E-state index in [4.69, 9.17) is 21.8 Å². The molecule has 0 radical (unpaired) electrons. The first-order valence-corrected chi connectivity index (χ1v) is 3.81. The van der Waals surface area contributed by atoms with Gasteiger partial charge < -0.3 is 10.2 Å². The fourth-order valence-electron chi connectivity index (χ4n) is 1.04. The van der Waals surface area contributed by atoms with E-state index in [1.807, 2.05) is 4.90 Å². The fourth-order valence-corrected chi connectivity index (χ4v) is 1.40. The monoisotopic (exact) mass is 165 g/mol. The number of aliphatic hydroxyl groups excluding tert-OH is 2. The van der Waals surface area contributed by atoms with Crippen LogP contribution in [-0.2, 0) is 0 Å². The predicted molar refractivity (Wildman–Crippen MR) is 39.2 cm³/mol. The van der Waals surface area contributed by atoms with Crippen LogP contribution in [0.3, 0.4) is 0 Å². The van der Waals surface area contributed by atoms with Gasteiger partial charge in [0.15, 0.2) is 0 Å². The van der Waals surface area contributed by atoms with Crippen molar-refractivity contribution in [2.24, 2.45) is 0 Å². The average molecular weight is 166 g/mol. The van der Waals surface area contributed by atoms with Crippen LogP contribution in [0, 0.1) is 0 Å². The van der Waals surface area contributed by atoms with Crippen molar-refractivity contribution in [3.05, 3.63) is 0 Å². The highest BCUT2D eigenvalue weighted by molar-refractivity contribution is 6.21. The number of hydrogen-bond acceptors (Lipinski definition) is 3. The molecule has 1 rings (SSSR count). The summed E-state index contributed by atoms with van der Waals surface area (Å²) in [6, 6.07) is -0.102. The second-order valence-electron chi connectivity index (χ2n) is 2.57. The Kier molecular flexibility index (Phi) is 2.92. The standard InChI is InChI=1S/C6H12ClNO2/c7-5-1-8(2-5)6(3-9)4-10/h5-6,9-10H,1-4H2. The molecule has 4 heteroatoms. The number of nitrogens with zero attached hydrogens (tertiary/aromatic N) is 1. The largest absolute Gasteiger partial charge is 0.395 e. The topological polar surface area (TPSA) is 43.7 Å². The zero-order valence-electron chi connectivity index (χ0n) is 5.70. The lowest BCUT2D eigenvalue weighted by Crippen LogP contribution is -2.55. The Morgan fingerprint density at radius 1 is 1.40 bits per heavy atom. The van der Waals surface area contributed by atoms with Crippen LogP contribution < -0.4 is 0 Å². The zero-order chi connectivity index (χ0) is 7.56. The molecule has 0 saturated carbocycles.